The van der Waals surface area contributed by atoms with E-state index in [9.17, 15) is 0 Å². The quantitative estimate of drug-likeness (QED) is 0.558. The molecule has 0 bridgehead atoms. The predicted octanol–water partition coefficient (Wildman–Crippen LogP) is 5.40. The maximum absolute atomic E-state index is 4.71. The van der Waals surface area contributed by atoms with Gasteiger partial charge in [0.1, 0.15) is 0 Å². The van der Waals surface area contributed by atoms with Crippen LogP contribution in [-0.2, 0) is 0 Å². The maximum atomic E-state index is 4.71. The number of thiol groups is 1. The molecule has 0 heterocycles. The normalized spacial score (nSPS) is 24.3. The van der Waals surface area contributed by atoms with E-state index in [0.717, 1.165) is 17.7 Å². The van der Waals surface area contributed by atoms with Crippen LogP contribution in [0.5, 0.6) is 0 Å². The minimum Gasteiger partial charge on any atom is -0.303 e. The summed E-state index contributed by atoms with van der Waals surface area (Å²) in [6.07, 6.45) is 12.3. The number of hydrogen-bond acceptors (Lipinski definition) is 2. The van der Waals surface area contributed by atoms with E-state index in [-0.39, 0.29) is 0 Å². The van der Waals surface area contributed by atoms with E-state index >= 15 is 0 Å². The summed E-state index contributed by atoms with van der Waals surface area (Å²) < 4.78 is 0. The van der Waals surface area contributed by atoms with Crippen molar-refractivity contribution in [3.8, 4) is 0 Å². The molecule has 0 aromatic heterocycles. The summed E-state index contributed by atoms with van der Waals surface area (Å²) in [5.74, 6) is 2.05. The molecule has 0 aromatic rings. The Morgan fingerprint density at radius 2 is 1.55 bits per heavy atom. The summed E-state index contributed by atoms with van der Waals surface area (Å²) >= 11 is 4.71. The van der Waals surface area contributed by atoms with Crippen LogP contribution in [0.1, 0.15) is 78.6 Å². The van der Waals surface area contributed by atoms with Crippen LogP contribution in [0, 0.1) is 11.3 Å². The van der Waals surface area contributed by atoms with Gasteiger partial charge in [0.05, 0.1) is 0 Å². The van der Waals surface area contributed by atoms with E-state index in [4.69, 9.17) is 12.6 Å². The van der Waals surface area contributed by atoms with Crippen molar-refractivity contribution >= 4 is 12.6 Å². The van der Waals surface area contributed by atoms with Gasteiger partial charge in [0.2, 0.25) is 0 Å². The Kier molecular flexibility index (Phi) is 8.59. The first-order chi connectivity index (χ1) is 9.60. The van der Waals surface area contributed by atoms with Gasteiger partial charge in [-0.1, -0.05) is 40.0 Å². The Hall–Kier alpha value is 0.310. The van der Waals surface area contributed by atoms with Gasteiger partial charge in [-0.05, 0) is 62.7 Å². The molecular formula is C18H37NS. The molecule has 20 heavy (non-hydrogen) atoms. The van der Waals surface area contributed by atoms with E-state index in [1.807, 2.05) is 0 Å². The summed E-state index contributed by atoms with van der Waals surface area (Å²) in [4.78, 5) is 2.67. The second-order valence-corrected chi connectivity index (χ2v) is 7.47. The van der Waals surface area contributed by atoms with Gasteiger partial charge in [0.25, 0.3) is 0 Å². The molecule has 1 aliphatic rings. The second-order valence-electron chi connectivity index (χ2n) is 7.16. The van der Waals surface area contributed by atoms with Crippen molar-refractivity contribution in [1.29, 1.82) is 0 Å². The molecule has 1 saturated carbocycles. The monoisotopic (exact) mass is 299 g/mol. The topological polar surface area (TPSA) is 3.24 Å². The first-order valence-electron chi connectivity index (χ1n) is 8.91. The van der Waals surface area contributed by atoms with Crippen LogP contribution in [0.2, 0.25) is 0 Å². The third-order valence-electron chi connectivity index (χ3n) is 5.50. The Labute approximate surface area is 133 Å². The fourth-order valence-corrected chi connectivity index (χ4v) is 4.62. The molecule has 0 amide bonds. The lowest BCUT2D eigenvalue weighted by Gasteiger charge is -2.41. The molecular weight excluding hydrogens is 262 g/mol. The van der Waals surface area contributed by atoms with E-state index < -0.39 is 0 Å². The van der Waals surface area contributed by atoms with Crippen LogP contribution in [0.3, 0.4) is 0 Å². The van der Waals surface area contributed by atoms with Gasteiger partial charge in [-0.2, -0.15) is 12.6 Å². The number of rotatable bonds is 9. The SMILES string of the molecule is CCCC(CS)(CCC)CN(C)C1CCC(CC)CC1. The average Bonchev–Trinajstić information content (AvgIpc) is 2.47. The predicted molar refractivity (Wildman–Crippen MR) is 94.8 cm³/mol. The van der Waals surface area contributed by atoms with Crippen LogP contribution in [0.4, 0.5) is 0 Å². The standard InChI is InChI=1S/C18H37NS/c1-5-12-18(15-20,13-6-2)14-19(4)17-10-8-16(7-3)9-11-17/h16-17,20H,5-15H2,1-4H3. The zero-order chi connectivity index (χ0) is 15.0. The zero-order valence-electron chi connectivity index (χ0n) is 14.3. The lowest BCUT2D eigenvalue weighted by atomic mass is 9.79. The molecule has 0 atom stereocenters. The molecule has 1 fully saturated rings. The highest BCUT2D eigenvalue weighted by Crippen LogP contribution is 2.35. The smallest absolute Gasteiger partial charge is 0.00926 e. The molecule has 0 radical (unpaired) electrons. The lowest BCUT2D eigenvalue weighted by molar-refractivity contribution is 0.100. The summed E-state index contributed by atoms with van der Waals surface area (Å²) in [6, 6.07) is 0.825. The van der Waals surface area contributed by atoms with Crippen molar-refractivity contribution in [2.24, 2.45) is 11.3 Å². The molecule has 0 saturated heterocycles. The summed E-state index contributed by atoms with van der Waals surface area (Å²) in [5.41, 5.74) is 0.447. The maximum Gasteiger partial charge on any atom is 0.00926 e. The Morgan fingerprint density at radius 3 is 1.95 bits per heavy atom. The lowest BCUT2D eigenvalue weighted by Crippen LogP contribution is -2.43. The molecule has 1 aliphatic carbocycles. The van der Waals surface area contributed by atoms with E-state index in [0.29, 0.717) is 5.41 Å². The van der Waals surface area contributed by atoms with Gasteiger partial charge in [-0.3, -0.25) is 0 Å². The average molecular weight is 300 g/mol. The molecule has 1 nitrogen and oxygen atoms in total. The Morgan fingerprint density at radius 1 is 1.00 bits per heavy atom. The van der Waals surface area contributed by atoms with Crippen LogP contribution in [-0.4, -0.2) is 30.3 Å². The van der Waals surface area contributed by atoms with Crippen LogP contribution in [0.25, 0.3) is 0 Å². The second kappa shape index (κ2) is 9.35. The molecule has 0 aliphatic heterocycles. The van der Waals surface area contributed by atoms with Crippen molar-refractivity contribution in [2.75, 3.05) is 19.3 Å². The third kappa shape index (κ3) is 5.26. The Bertz CT molecular complexity index is 240. The highest BCUT2D eigenvalue weighted by atomic mass is 32.1. The molecule has 1 rings (SSSR count). The summed E-state index contributed by atoms with van der Waals surface area (Å²) in [7, 11) is 2.36. The van der Waals surface area contributed by atoms with Gasteiger partial charge in [-0.15, -0.1) is 0 Å². The van der Waals surface area contributed by atoms with Gasteiger partial charge in [0, 0.05) is 12.6 Å². The van der Waals surface area contributed by atoms with E-state index in [2.05, 4.69) is 32.7 Å². The van der Waals surface area contributed by atoms with Crippen molar-refractivity contribution in [3.63, 3.8) is 0 Å². The minimum atomic E-state index is 0.447. The van der Waals surface area contributed by atoms with Crippen molar-refractivity contribution in [3.05, 3.63) is 0 Å². The van der Waals surface area contributed by atoms with Gasteiger partial charge in [-0.25, -0.2) is 0 Å². The fourth-order valence-electron chi connectivity index (χ4n) is 4.20. The Balaban J connectivity index is 2.54. The minimum absolute atomic E-state index is 0.447. The fraction of sp³-hybridized carbons (Fsp3) is 1.00. The van der Waals surface area contributed by atoms with Crippen molar-refractivity contribution < 1.29 is 0 Å². The first-order valence-corrected chi connectivity index (χ1v) is 9.55. The van der Waals surface area contributed by atoms with Crippen molar-refractivity contribution in [2.45, 2.75) is 84.6 Å². The summed E-state index contributed by atoms with van der Waals surface area (Å²) in [5, 5.41) is 0. The molecule has 2 heteroatoms. The van der Waals surface area contributed by atoms with Crippen molar-refractivity contribution in [1.82, 2.24) is 4.90 Å². The molecule has 0 spiro atoms. The van der Waals surface area contributed by atoms with Gasteiger partial charge in [0.15, 0.2) is 0 Å². The van der Waals surface area contributed by atoms with Crippen LogP contribution < -0.4 is 0 Å². The molecule has 0 unspecified atom stereocenters. The molecule has 0 aromatic carbocycles. The van der Waals surface area contributed by atoms with Crippen LogP contribution >= 0.6 is 12.6 Å². The van der Waals surface area contributed by atoms with Gasteiger partial charge >= 0.3 is 0 Å². The highest BCUT2D eigenvalue weighted by Gasteiger charge is 2.31. The molecule has 0 N–H and O–H groups in total. The zero-order valence-corrected chi connectivity index (χ0v) is 15.2. The van der Waals surface area contributed by atoms with Gasteiger partial charge < -0.3 is 4.90 Å². The van der Waals surface area contributed by atoms with Crippen LogP contribution in [0.15, 0.2) is 0 Å². The molecule has 120 valence electrons. The van der Waals surface area contributed by atoms with E-state index in [1.165, 1.54) is 64.3 Å². The summed E-state index contributed by atoms with van der Waals surface area (Å²) in [6.45, 7) is 8.24. The first kappa shape index (κ1) is 18.4. The largest absolute Gasteiger partial charge is 0.303 e. The number of nitrogens with zero attached hydrogens (tertiary/aromatic N) is 1. The number of hydrogen-bond donors (Lipinski definition) is 1. The van der Waals surface area contributed by atoms with E-state index in [1.54, 1.807) is 0 Å². The third-order valence-corrected chi connectivity index (χ3v) is 6.17. The highest BCUT2D eigenvalue weighted by molar-refractivity contribution is 7.80.